The standard InChI is InChI=1S/C13H12Br2N2O3/c1-7-2-4-8(5-3-7)16-17-10-11(18)12(9(15)6-14)20-13(10)19/h2-5,9,12,18H,6H2,1H3/t9-,12?/m0/s1. The van der Waals surface area contributed by atoms with Gasteiger partial charge in [-0.2, -0.15) is 5.11 Å². The van der Waals surface area contributed by atoms with Crippen molar-refractivity contribution in [3.8, 4) is 0 Å². The summed E-state index contributed by atoms with van der Waals surface area (Å²) in [6.07, 6.45) is -0.742. The van der Waals surface area contributed by atoms with Crippen molar-refractivity contribution in [2.75, 3.05) is 5.33 Å². The highest BCUT2D eigenvalue weighted by Crippen LogP contribution is 2.29. The molecule has 0 saturated heterocycles. The van der Waals surface area contributed by atoms with Crippen molar-refractivity contribution in [3.63, 3.8) is 0 Å². The minimum absolute atomic E-state index is 0.152. The molecule has 2 atom stereocenters. The summed E-state index contributed by atoms with van der Waals surface area (Å²) in [6.45, 7) is 1.96. The van der Waals surface area contributed by atoms with E-state index in [0.29, 0.717) is 11.0 Å². The molecule has 2 rings (SSSR count). The second kappa shape index (κ2) is 6.49. The molecule has 1 aliphatic heterocycles. The fraction of sp³-hybridized carbons (Fsp3) is 0.308. The number of alkyl halides is 2. The molecule has 0 aliphatic carbocycles. The minimum atomic E-state index is -0.742. The molecule has 0 spiro atoms. The lowest BCUT2D eigenvalue weighted by molar-refractivity contribution is -0.140. The molecule has 0 fully saturated rings. The average Bonchev–Trinajstić information content (AvgIpc) is 2.73. The molecule has 1 N–H and O–H groups in total. The molecule has 0 radical (unpaired) electrons. The van der Waals surface area contributed by atoms with Gasteiger partial charge in [-0.05, 0) is 19.1 Å². The highest BCUT2D eigenvalue weighted by atomic mass is 79.9. The van der Waals surface area contributed by atoms with Crippen LogP contribution in [0.1, 0.15) is 5.56 Å². The van der Waals surface area contributed by atoms with E-state index in [0.717, 1.165) is 5.56 Å². The van der Waals surface area contributed by atoms with Crippen LogP contribution in [0.25, 0.3) is 0 Å². The van der Waals surface area contributed by atoms with Crippen LogP contribution in [-0.4, -0.2) is 27.3 Å². The van der Waals surface area contributed by atoms with Gasteiger partial charge in [0.2, 0.25) is 5.70 Å². The third-order valence-electron chi connectivity index (χ3n) is 2.71. The SMILES string of the molecule is Cc1ccc(N=NC2=C(O)C([C@@H](Br)CBr)OC2=O)cc1. The zero-order valence-electron chi connectivity index (χ0n) is 10.6. The van der Waals surface area contributed by atoms with Gasteiger partial charge in [0.1, 0.15) is 0 Å². The van der Waals surface area contributed by atoms with Crippen LogP contribution in [0.2, 0.25) is 0 Å². The van der Waals surface area contributed by atoms with E-state index in [1.165, 1.54) is 0 Å². The molecular weight excluding hydrogens is 392 g/mol. The maximum atomic E-state index is 11.7. The van der Waals surface area contributed by atoms with Gasteiger partial charge in [-0.3, -0.25) is 0 Å². The van der Waals surface area contributed by atoms with Crippen molar-refractivity contribution >= 4 is 43.5 Å². The van der Waals surface area contributed by atoms with Crippen molar-refractivity contribution in [3.05, 3.63) is 41.3 Å². The molecular formula is C13H12Br2N2O3. The Balaban J connectivity index is 2.21. The maximum absolute atomic E-state index is 11.7. The van der Waals surface area contributed by atoms with Gasteiger partial charge in [-0.15, -0.1) is 5.11 Å². The van der Waals surface area contributed by atoms with Crippen molar-refractivity contribution < 1.29 is 14.6 Å². The summed E-state index contributed by atoms with van der Waals surface area (Å²) in [5.41, 5.74) is 1.55. The molecule has 1 unspecified atom stereocenters. The summed E-state index contributed by atoms with van der Waals surface area (Å²) in [7, 11) is 0. The first-order valence-electron chi connectivity index (χ1n) is 5.85. The molecule has 0 aromatic heterocycles. The normalized spacial score (nSPS) is 20.6. The quantitative estimate of drug-likeness (QED) is 0.470. The number of aliphatic hydroxyl groups excluding tert-OH is 1. The molecule has 1 heterocycles. The Labute approximate surface area is 133 Å². The van der Waals surface area contributed by atoms with Crippen LogP contribution in [0.5, 0.6) is 0 Å². The average molecular weight is 404 g/mol. The van der Waals surface area contributed by atoms with Crippen LogP contribution in [0, 0.1) is 6.92 Å². The first kappa shape index (κ1) is 15.2. The number of aliphatic hydroxyl groups is 1. The smallest absolute Gasteiger partial charge is 0.363 e. The van der Waals surface area contributed by atoms with E-state index in [-0.39, 0.29) is 16.3 Å². The van der Waals surface area contributed by atoms with Gasteiger partial charge in [0.15, 0.2) is 11.9 Å². The molecule has 1 aromatic carbocycles. The molecule has 0 saturated carbocycles. The van der Waals surface area contributed by atoms with Gasteiger partial charge in [-0.1, -0.05) is 49.6 Å². The Kier molecular flexibility index (Phi) is 4.93. The molecule has 0 amide bonds. The largest absolute Gasteiger partial charge is 0.506 e. The molecule has 106 valence electrons. The highest BCUT2D eigenvalue weighted by molar-refractivity contribution is 9.12. The summed E-state index contributed by atoms with van der Waals surface area (Å²) in [5.74, 6) is -0.874. The van der Waals surface area contributed by atoms with Gasteiger partial charge >= 0.3 is 5.97 Å². The monoisotopic (exact) mass is 402 g/mol. The fourth-order valence-corrected chi connectivity index (χ4v) is 2.30. The number of nitrogens with zero attached hydrogens (tertiary/aromatic N) is 2. The van der Waals surface area contributed by atoms with Gasteiger partial charge in [-0.25, -0.2) is 4.79 Å². The predicted molar refractivity (Wildman–Crippen MR) is 81.7 cm³/mol. The number of rotatable bonds is 4. The zero-order valence-corrected chi connectivity index (χ0v) is 13.8. The number of aryl methyl sites for hydroxylation is 1. The Hall–Kier alpha value is -1.21. The van der Waals surface area contributed by atoms with Gasteiger partial charge in [0, 0.05) is 5.33 Å². The molecule has 20 heavy (non-hydrogen) atoms. The summed E-state index contributed by atoms with van der Waals surface area (Å²) in [6, 6.07) is 7.33. The number of benzene rings is 1. The lowest BCUT2D eigenvalue weighted by Crippen LogP contribution is -2.24. The number of esters is 1. The van der Waals surface area contributed by atoms with E-state index in [1.54, 1.807) is 12.1 Å². The number of ether oxygens (including phenoxy) is 1. The van der Waals surface area contributed by atoms with Crippen molar-refractivity contribution in [2.24, 2.45) is 10.2 Å². The van der Waals surface area contributed by atoms with Crippen molar-refractivity contribution in [2.45, 2.75) is 17.9 Å². The molecule has 1 aromatic rings. The van der Waals surface area contributed by atoms with Crippen molar-refractivity contribution in [1.82, 2.24) is 0 Å². The Morgan fingerprint density at radius 2 is 2.00 bits per heavy atom. The number of halogens is 2. The van der Waals surface area contributed by atoms with E-state index in [1.807, 2.05) is 19.1 Å². The van der Waals surface area contributed by atoms with E-state index in [9.17, 15) is 9.90 Å². The second-order valence-corrected chi connectivity index (χ2v) is 6.09. The zero-order chi connectivity index (χ0) is 14.7. The Morgan fingerprint density at radius 1 is 1.35 bits per heavy atom. The molecule has 0 bridgehead atoms. The fourth-order valence-electron chi connectivity index (χ4n) is 1.60. The van der Waals surface area contributed by atoms with Gasteiger partial charge in [0.25, 0.3) is 0 Å². The van der Waals surface area contributed by atoms with Gasteiger partial charge < -0.3 is 9.84 Å². The third-order valence-corrected chi connectivity index (χ3v) is 5.09. The lowest BCUT2D eigenvalue weighted by atomic mass is 10.2. The van der Waals surface area contributed by atoms with Gasteiger partial charge in [0.05, 0.1) is 10.5 Å². The van der Waals surface area contributed by atoms with Crippen LogP contribution >= 0.6 is 31.9 Å². The highest BCUT2D eigenvalue weighted by Gasteiger charge is 2.38. The number of carbonyl (C=O) groups excluding carboxylic acids is 1. The number of cyclic esters (lactones) is 1. The van der Waals surface area contributed by atoms with Crippen LogP contribution in [-0.2, 0) is 9.53 Å². The number of hydrogen-bond donors (Lipinski definition) is 1. The number of hydrogen-bond acceptors (Lipinski definition) is 5. The summed E-state index contributed by atoms with van der Waals surface area (Å²) < 4.78 is 5.05. The van der Waals surface area contributed by atoms with E-state index in [2.05, 4.69) is 42.1 Å². The summed E-state index contributed by atoms with van der Waals surface area (Å²) in [4.78, 5) is 11.4. The van der Waals surface area contributed by atoms with Crippen molar-refractivity contribution in [1.29, 1.82) is 0 Å². The summed E-state index contributed by atoms with van der Waals surface area (Å²) >= 11 is 6.56. The minimum Gasteiger partial charge on any atom is -0.506 e. The van der Waals surface area contributed by atoms with E-state index in [4.69, 9.17) is 4.74 Å². The first-order chi connectivity index (χ1) is 9.52. The number of carbonyl (C=O) groups is 1. The Morgan fingerprint density at radius 3 is 2.60 bits per heavy atom. The summed E-state index contributed by atoms with van der Waals surface area (Å²) in [5, 5.41) is 18.2. The first-order valence-corrected chi connectivity index (χ1v) is 7.89. The van der Waals surface area contributed by atoms with Crippen LogP contribution in [0.15, 0.2) is 46.0 Å². The predicted octanol–water partition coefficient (Wildman–Crippen LogP) is 3.93. The number of azo groups is 1. The molecule has 1 aliphatic rings. The Bertz CT molecular complexity index is 569. The lowest BCUT2D eigenvalue weighted by Gasteiger charge is -2.13. The topological polar surface area (TPSA) is 71.2 Å². The van der Waals surface area contributed by atoms with E-state index >= 15 is 0 Å². The third kappa shape index (κ3) is 3.27. The van der Waals surface area contributed by atoms with E-state index < -0.39 is 12.1 Å². The molecule has 7 heteroatoms. The maximum Gasteiger partial charge on any atom is 0.363 e. The van der Waals surface area contributed by atoms with Crippen LogP contribution in [0.4, 0.5) is 5.69 Å². The second-order valence-electron chi connectivity index (χ2n) is 4.27. The molecule has 5 nitrogen and oxygen atoms in total. The van der Waals surface area contributed by atoms with Crippen LogP contribution in [0.3, 0.4) is 0 Å². The van der Waals surface area contributed by atoms with Crippen LogP contribution < -0.4 is 0 Å².